The van der Waals surface area contributed by atoms with Crippen LogP contribution in [0.1, 0.15) is 31.7 Å². The minimum absolute atomic E-state index is 0.313. The summed E-state index contributed by atoms with van der Waals surface area (Å²) in [5.74, 6) is 0.510. The van der Waals surface area contributed by atoms with E-state index in [1.54, 1.807) is 0 Å². The van der Waals surface area contributed by atoms with Gasteiger partial charge in [-0.15, -0.1) is 0 Å². The molecule has 1 unspecified atom stereocenters. The molecule has 0 aliphatic heterocycles. The van der Waals surface area contributed by atoms with Gasteiger partial charge < -0.3 is 15.8 Å². The Hall–Kier alpha value is -1.55. The van der Waals surface area contributed by atoms with Crippen molar-refractivity contribution in [2.45, 2.75) is 44.7 Å². The molecule has 104 valence electrons. The summed E-state index contributed by atoms with van der Waals surface area (Å²) in [7, 11) is 0. The standard InChI is InChI=1S/C15H22N2O2/c1-11-3-7-13(8-4-11)19-10-9-15(2,14(16)18)17-12-5-6-12/h3-4,7-8,12,17H,5-6,9-10H2,1-2H3,(H2,16,18). The normalized spacial score (nSPS) is 17.8. The van der Waals surface area contributed by atoms with Crippen LogP contribution in [-0.2, 0) is 4.79 Å². The van der Waals surface area contributed by atoms with Crippen LogP contribution in [-0.4, -0.2) is 24.1 Å². The van der Waals surface area contributed by atoms with Crippen molar-refractivity contribution in [1.29, 1.82) is 0 Å². The lowest BCUT2D eigenvalue weighted by atomic mass is 9.97. The molecule has 0 spiro atoms. The van der Waals surface area contributed by atoms with Crippen LogP contribution in [0.2, 0.25) is 0 Å². The molecule has 4 heteroatoms. The fourth-order valence-electron chi connectivity index (χ4n) is 1.95. The summed E-state index contributed by atoms with van der Waals surface area (Å²) < 4.78 is 5.66. The molecule has 0 bridgehead atoms. The summed E-state index contributed by atoms with van der Waals surface area (Å²) in [6.07, 6.45) is 2.83. The van der Waals surface area contributed by atoms with Crippen molar-refractivity contribution < 1.29 is 9.53 Å². The smallest absolute Gasteiger partial charge is 0.237 e. The van der Waals surface area contributed by atoms with Gasteiger partial charge in [0.05, 0.1) is 12.1 Å². The van der Waals surface area contributed by atoms with E-state index in [9.17, 15) is 4.79 Å². The molecule has 1 amide bonds. The second-order valence-corrected chi connectivity index (χ2v) is 5.53. The average Bonchev–Trinajstić information content (AvgIpc) is 3.15. The molecule has 1 saturated carbocycles. The van der Waals surface area contributed by atoms with Crippen LogP contribution in [0.5, 0.6) is 5.75 Å². The number of hydrogen-bond donors (Lipinski definition) is 2. The fourth-order valence-corrected chi connectivity index (χ4v) is 1.95. The quantitative estimate of drug-likeness (QED) is 0.787. The van der Waals surface area contributed by atoms with E-state index in [1.807, 2.05) is 38.1 Å². The molecule has 4 nitrogen and oxygen atoms in total. The maximum absolute atomic E-state index is 11.6. The molecular formula is C15H22N2O2. The van der Waals surface area contributed by atoms with Crippen molar-refractivity contribution in [2.24, 2.45) is 5.73 Å². The Morgan fingerprint density at radius 2 is 2.05 bits per heavy atom. The van der Waals surface area contributed by atoms with E-state index in [1.165, 1.54) is 5.56 Å². The van der Waals surface area contributed by atoms with E-state index >= 15 is 0 Å². The summed E-state index contributed by atoms with van der Waals surface area (Å²) in [6.45, 7) is 4.36. The largest absolute Gasteiger partial charge is 0.494 e. The summed E-state index contributed by atoms with van der Waals surface area (Å²) in [5, 5.41) is 3.31. The molecular weight excluding hydrogens is 240 g/mol. The monoisotopic (exact) mass is 262 g/mol. The molecule has 3 N–H and O–H groups in total. The maximum Gasteiger partial charge on any atom is 0.237 e. The summed E-state index contributed by atoms with van der Waals surface area (Å²) in [4.78, 5) is 11.6. The number of hydrogen-bond acceptors (Lipinski definition) is 3. The van der Waals surface area contributed by atoms with Gasteiger partial charge in [0.15, 0.2) is 0 Å². The van der Waals surface area contributed by atoms with E-state index in [2.05, 4.69) is 5.32 Å². The van der Waals surface area contributed by atoms with E-state index in [4.69, 9.17) is 10.5 Å². The number of rotatable bonds is 7. The molecule has 1 aliphatic carbocycles. The van der Waals surface area contributed by atoms with Crippen LogP contribution >= 0.6 is 0 Å². The average molecular weight is 262 g/mol. The molecule has 1 aliphatic rings. The maximum atomic E-state index is 11.6. The molecule has 0 saturated heterocycles. The van der Waals surface area contributed by atoms with Crippen LogP contribution < -0.4 is 15.8 Å². The predicted molar refractivity (Wildman–Crippen MR) is 75.0 cm³/mol. The van der Waals surface area contributed by atoms with Gasteiger partial charge in [-0.1, -0.05) is 17.7 Å². The third-order valence-corrected chi connectivity index (χ3v) is 3.54. The molecule has 1 aromatic rings. The molecule has 19 heavy (non-hydrogen) atoms. The molecule has 1 atom stereocenters. The number of carbonyl (C=O) groups excluding carboxylic acids is 1. The lowest BCUT2D eigenvalue weighted by molar-refractivity contribution is -0.124. The number of amides is 1. The number of primary amides is 1. The molecule has 0 aromatic heterocycles. The van der Waals surface area contributed by atoms with Gasteiger partial charge >= 0.3 is 0 Å². The zero-order valence-corrected chi connectivity index (χ0v) is 11.6. The van der Waals surface area contributed by atoms with Crippen LogP contribution in [0.4, 0.5) is 0 Å². The second kappa shape index (κ2) is 5.61. The third-order valence-electron chi connectivity index (χ3n) is 3.54. The number of ether oxygens (including phenoxy) is 1. The number of nitrogens with one attached hydrogen (secondary N) is 1. The van der Waals surface area contributed by atoms with Crippen LogP contribution in [0.25, 0.3) is 0 Å². The van der Waals surface area contributed by atoms with Gasteiger partial charge in [0.1, 0.15) is 5.75 Å². The topological polar surface area (TPSA) is 64.3 Å². The second-order valence-electron chi connectivity index (χ2n) is 5.53. The number of carbonyl (C=O) groups is 1. The summed E-state index contributed by atoms with van der Waals surface area (Å²) in [6, 6.07) is 8.32. The molecule has 1 fully saturated rings. The summed E-state index contributed by atoms with van der Waals surface area (Å²) >= 11 is 0. The highest BCUT2D eigenvalue weighted by Crippen LogP contribution is 2.24. The number of benzene rings is 1. The van der Waals surface area contributed by atoms with Gasteiger partial charge in [-0.3, -0.25) is 4.79 Å². The Kier molecular flexibility index (Phi) is 4.10. The van der Waals surface area contributed by atoms with Crippen LogP contribution in [0, 0.1) is 6.92 Å². The van der Waals surface area contributed by atoms with Gasteiger partial charge in [0.2, 0.25) is 5.91 Å². The Morgan fingerprint density at radius 3 is 2.58 bits per heavy atom. The highest BCUT2D eigenvalue weighted by molar-refractivity contribution is 5.84. The predicted octanol–water partition coefficient (Wildman–Crippen LogP) is 1.76. The van der Waals surface area contributed by atoms with Gasteiger partial charge in [0.25, 0.3) is 0 Å². The van der Waals surface area contributed by atoms with Crippen molar-refractivity contribution in [3.05, 3.63) is 29.8 Å². The number of nitrogens with two attached hydrogens (primary N) is 1. The zero-order valence-electron chi connectivity index (χ0n) is 11.6. The van der Waals surface area contributed by atoms with Crippen molar-refractivity contribution in [3.63, 3.8) is 0 Å². The van der Waals surface area contributed by atoms with E-state index in [0.717, 1.165) is 18.6 Å². The highest BCUT2D eigenvalue weighted by Gasteiger charge is 2.36. The number of aryl methyl sites for hydroxylation is 1. The van der Waals surface area contributed by atoms with Crippen molar-refractivity contribution in [3.8, 4) is 5.75 Å². The molecule has 0 heterocycles. The van der Waals surface area contributed by atoms with Gasteiger partial charge in [-0.25, -0.2) is 0 Å². The SMILES string of the molecule is Cc1ccc(OCCC(C)(NC2CC2)C(N)=O)cc1. The summed E-state index contributed by atoms with van der Waals surface area (Å²) in [5.41, 5.74) is 6.01. The molecule has 1 aromatic carbocycles. The zero-order chi connectivity index (χ0) is 13.9. The van der Waals surface area contributed by atoms with Gasteiger partial charge in [-0.05, 0) is 38.8 Å². The van der Waals surface area contributed by atoms with Gasteiger partial charge in [0, 0.05) is 12.5 Å². The first kappa shape index (κ1) is 13.9. The Morgan fingerprint density at radius 1 is 1.42 bits per heavy atom. The Labute approximate surface area is 114 Å². The minimum Gasteiger partial charge on any atom is -0.494 e. The third kappa shape index (κ3) is 3.96. The van der Waals surface area contributed by atoms with Crippen molar-refractivity contribution in [2.75, 3.05) is 6.61 Å². The van der Waals surface area contributed by atoms with Crippen LogP contribution in [0.3, 0.4) is 0 Å². The fraction of sp³-hybridized carbons (Fsp3) is 0.533. The van der Waals surface area contributed by atoms with E-state index in [0.29, 0.717) is 19.1 Å². The van der Waals surface area contributed by atoms with Crippen molar-refractivity contribution in [1.82, 2.24) is 5.32 Å². The lowest BCUT2D eigenvalue weighted by Crippen LogP contribution is -2.54. The van der Waals surface area contributed by atoms with E-state index in [-0.39, 0.29) is 5.91 Å². The van der Waals surface area contributed by atoms with Gasteiger partial charge in [-0.2, -0.15) is 0 Å². The first-order valence-electron chi connectivity index (χ1n) is 6.77. The highest BCUT2D eigenvalue weighted by atomic mass is 16.5. The Balaban J connectivity index is 1.84. The van der Waals surface area contributed by atoms with E-state index < -0.39 is 5.54 Å². The van der Waals surface area contributed by atoms with Crippen LogP contribution in [0.15, 0.2) is 24.3 Å². The molecule has 0 radical (unpaired) electrons. The Bertz CT molecular complexity index is 440. The van der Waals surface area contributed by atoms with Crippen molar-refractivity contribution >= 4 is 5.91 Å². The lowest BCUT2D eigenvalue weighted by Gasteiger charge is -2.27. The first-order chi connectivity index (χ1) is 8.99. The molecule has 2 rings (SSSR count). The minimum atomic E-state index is -0.675. The first-order valence-corrected chi connectivity index (χ1v) is 6.77.